The highest BCUT2D eigenvalue weighted by Gasteiger charge is 2.14. The Morgan fingerprint density at radius 2 is 1.60 bits per heavy atom. The van der Waals surface area contributed by atoms with E-state index in [1.807, 2.05) is 6.92 Å². The maximum Gasteiger partial charge on any atom is 0.338 e. The van der Waals surface area contributed by atoms with Crippen LogP contribution in [0, 0.1) is 0 Å². The molecule has 25 heavy (non-hydrogen) atoms. The molecular formula is C19H22O6. The molecule has 0 spiro atoms. The van der Waals surface area contributed by atoms with Gasteiger partial charge in [-0.15, -0.1) is 0 Å². The van der Waals surface area contributed by atoms with Crippen molar-refractivity contribution in [3.63, 3.8) is 0 Å². The zero-order valence-electron chi connectivity index (χ0n) is 14.8. The Balaban J connectivity index is 2.12. The lowest BCUT2D eigenvalue weighted by molar-refractivity contribution is 0.0469. The highest BCUT2D eigenvalue weighted by Crippen LogP contribution is 2.29. The van der Waals surface area contributed by atoms with E-state index in [9.17, 15) is 4.79 Å². The summed E-state index contributed by atoms with van der Waals surface area (Å²) < 4.78 is 26.5. The molecule has 2 aromatic carbocycles. The molecule has 6 heteroatoms. The summed E-state index contributed by atoms with van der Waals surface area (Å²) in [6.45, 7) is 2.45. The topological polar surface area (TPSA) is 63.2 Å². The van der Waals surface area contributed by atoms with Crippen LogP contribution in [0.1, 0.15) is 22.8 Å². The van der Waals surface area contributed by atoms with Gasteiger partial charge in [0.15, 0.2) is 11.5 Å². The standard InChI is InChI=1S/C19H22O6/c1-5-24-17-8-6-13(11-18(17)23-4)19(20)25-12-14-10-15(21-2)7-9-16(14)22-3/h6-11H,5,12H2,1-4H3. The van der Waals surface area contributed by atoms with Crippen LogP contribution in [0.25, 0.3) is 0 Å². The molecule has 0 amide bonds. The summed E-state index contributed by atoms with van der Waals surface area (Å²) in [6.07, 6.45) is 0. The van der Waals surface area contributed by atoms with Gasteiger partial charge in [0.25, 0.3) is 0 Å². The first-order valence-electron chi connectivity index (χ1n) is 7.81. The number of hydrogen-bond donors (Lipinski definition) is 0. The lowest BCUT2D eigenvalue weighted by Crippen LogP contribution is -2.07. The van der Waals surface area contributed by atoms with Gasteiger partial charge in [-0.05, 0) is 43.3 Å². The van der Waals surface area contributed by atoms with Gasteiger partial charge in [0.05, 0.1) is 33.5 Å². The van der Waals surface area contributed by atoms with Crippen LogP contribution in [0.2, 0.25) is 0 Å². The first-order chi connectivity index (χ1) is 12.1. The van der Waals surface area contributed by atoms with E-state index in [0.29, 0.717) is 40.7 Å². The molecule has 0 fully saturated rings. The fourth-order valence-electron chi connectivity index (χ4n) is 2.29. The van der Waals surface area contributed by atoms with Crippen LogP contribution in [-0.2, 0) is 11.3 Å². The number of hydrogen-bond acceptors (Lipinski definition) is 6. The lowest BCUT2D eigenvalue weighted by Gasteiger charge is -2.12. The summed E-state index contributed by atoms with van der Waals surface area (Å²) in [5.74, 6) is 1.88. The van der Waals surface area contributed by atoms with Crippen molar-refractivity contribution < 1.29 is 28.5 Å². The number of ether oxygens (including phenoxy) is 5. The van der Waals surface area contributed by atoms with Crippen LogP contribution in [-0.4, -0.2) is 33.9 Å². The molecule has 0 saturated heterocycles. The summed E-state index contributed by atoms with van der Waals surface area (Å²) in [6, 6.07) is 10.2. The van der Waals surface area contributed by atoms with Crippen molar-refractivity contribution in [2.45, 2.75) is 13.5 Å². The van der Waals surface area contributed by atoms with E-state index in [1.165, 1.54) is 7.11 Å². The molecule has 134 valence electrons. The van der Waals surface area contributed by atoms with E-state index in [2.05, 4.69) is 0 Å². The summed E-state index contributed by atoms with van der Waals surface area (Å²) in [5.41, 5.74) is 1.09. The van der Waals surface area contributed by atoms with Gasteiger partial charge in [-0.1, -0.05) is 0 Å². The molecule has 2 rings (SSSR count). The number of carbonyl (C=O) groups is 1. The number of carbonyl (C=O) groups excluding carboxylic acids is 1. The van der Waals surface area contributed by atoms with Gasteiger partial charge in [0.2, 0.25) is 0 Å². The maximum absolute atomic E-state index is 12.3. The van der Waals surface area contributed by atoms with Gasteiger partial charge in [0, 0.05) is 5.56 Å². The predicted molar refractivity (Wildman–Crippen MR) is 92.8 cm³/mol. The molecule has 6 nitrogen and oxygen atoms in total. The minimum absolute atomic E-state index is 0.0642. The highest BCUT2D eigenvalue weighted by atomic mass is 16.5. The number of rotatable bonds is 8. The predicted octanol–water partition coefficient (Wildman–Crippen LogP) is 3.47. The third-order valence-corrected chi connectivity index (χ3v) is 3.55. The molecule has 0 N–H and O–H groups in total. The minimum atomic E-state index is -0.466. The van der Waals surface area contributed by atoms with Gasteiger partial charge < -0.3 is 23.7 Å². The summed E-state index contributed by atoms with van der Waals surface area (Å²) in [5, 5.41) is 0. The SMILES string of the molecule is CCOc1ccc(C(=O)OCc2cc(OC)ccc2OC)cc1OC. The number of benzene rings is 2. The third-order valence-electron chi connectivity index (χ3n) is 3.55. The molecular weight excluding hydrogens is 324 g/mol. The molecule has 0 aromatic heterocycles. The quantitative estimate of drug-likeness (QED) is 0.682. The molecule has 0 atom stereocenters. The first-order valence-corrected chi connectivity index (χ1v) is 7.81. The van der Waals surface area contributed by atoms with E-state index < -0.39 is 5.97 Å². The van der Waals surface area contributed by atoms with Crippen molar-refractivity contribution in [1.82, 2.24) is 0 Å². The second-order valence-electron chi connectivity index (χ2n) is 5.05. The molecule has 0 radical (unpaired) electrons. The third kappa shape index (κ3) is 4.56. The second-order valence-corrected chi connectivity index (χ2v) is 5.05. The summed E-state index contributed by atoms with van der Waals surface area (Å²) in [4.78, 5) is 12.3. The molecule has 0 unspecified atom stereocenters. The molecule has 0 aliphatic carbocycles. The van der Waals surface area contributed by atoms with Crippen molar-refractivity contribution >= 4 is 5.97 Å². The average molecular weight is 346 g/mol. The average Bonchev–Trinajstić information content (AvgIpc) is 2.66. The largest absolute Gasteiger partial charge is 0.497 e. The van der Waals surface area contributed by atoms with Crippen LogP contribution >= 0.6 is 0 Å². The number of methoxy groups -OCH3 is 3. The van der Waals surface area contributed by atoms with Crippen molar-refractivity contribution in [2.24, 2.45) is 0 Å². The van der Waals surface area contributed by atoms with Crippen LogP contribution < -0.4 is 18.9 Å². The second kappa shape index (κ2) is 8.82. The van der Waals surface area contributed by atoms with E-state index in [0.717, 1.165) is 0 Å². The zero-order valence-corrected chi connectivity index (χ0v) is 14.8. The molecule has 2 aromatic rings. The lowest BCUT2D eigenvalue weighted by atomic mass is 10.2. The molecule has 0 bridgehead atoms. The van der Waals surface area contributed by atoms with Crippen LogP contribution in [0.5, 0.6) is 23.0 Å². The Labute approximate surface area is 147 Å². The van der Waals surface area contributed by atoms with Gasteiger partial charge in [-0.2, -0.15) is 0 Å². The number of esters is 1. The Morgan fingerprint density at radius 3 is 2.24 bits per heavy atom. The Bertz CT molecular complexity index is 726. The van der Waals surface area contributed by atoms with Gasteiger partial charge >= 0.3 is 5.97 Å². The van der Waals surface area contributed by atoms with E-state index >= 15 is 0 Å². The Hall–Kier alpha value is -2.89. The van der Waals surface area contributed by atoms with E-state index in [4.69, 9.17) is 23.7 Å². The van der Waals surface area contributed by atoms with Crippen LogP contribution in [0.4, 0.5) is 0 Å². The monoisotopic (exact) mass is 346 g/mol. The smallest absolute Gasteiger partial charge is 0.338 e. The van der Waals surface area contributed by atoms with Crippen LogP contribution in [0.15, 0.2) is 36.4 Å². The maximum atomic E-state index is 12.3. The molecule has 0 saturated carbocycles. The zero-order chi connectivity index (χ0) is 18.2. The molecule has 0 aliphatic rings. The van der Waals surface area contributed by atoms with Crippen molar-refractivity contribution in [1.29, 1.82) is 0 Å². The van der Waals surface area contributed by atoms with Gasteiger partial charge in [-0.3, -0.25) is 0 Å². The fraction of sp³-hybridized carbons (Fsp3) is 0.316. The summed E-state index contributed by atoms with van der Waals surface area (Å²) in [7, 11) is 4.66. The van der Waals surface area contributed by atoms with Crippen molar-refractivity contribution in [3.8, 4) is 23.0 Å². The summed E-state index contributed by atoms with van der Waals surface area (Å²) >= 11 is 0. The van der Waals surface area contributed by atoms with E-state index in [-0.39, 0.29) is 6.61 Å². The Morgan fingerprint density at radius 1 is 0.880 bits per heavy atom. The normalized spacial score (nSPS) is 10.1. The van der Waals surface area contributed by atoms with E-state index in [1.54, 1.807) is 50.6 Å². The van der Waals surface area contributed by atoms with Crippen molar-refractivity contribution in [3.05, 3.63) is 47.5 Å². The van der Waals surface area contributed by atoms with Gasteiger partial charge in [0.1, 0.15) is 18.1 Å². The highest BCUT2D eigenvalue weighted by molar-refractivity contribution is 5.90. The molecule has 0 heterocycles. The Kier molecular flexibility index (Phi) is 6.51. The molecule has 0 aliphatic heterocycles. The van der Waals surface area contributed by atoms with Crippen LogP contribution in [0.3, 0.4) is 0 Å². The minimum Gasteiger partial charge on any atom is -0.497 e. The van der Waals surface area contributed by atoms with Gasteiger partial charge in [-0.25, -0.2) is 4.79 Å². The van der Waals surface area contributed by atoms with Crippen molar-refractivity contribution in [2.75, 3.05) is 27.9 Å². The fourth-order valence-corrected chi connectivity index (χ4v) is 2.29. The first kappa shape index (κ1) is 18.4.